The Kier molecular flexibility index (Phi) is 4.15. The van der Waals surface area contributed by atoms with Crippen LogP contribution in [0.4, 0.5) is 0 Å². The zero-order valence-electron chi connectivity index (χ0n) is 9.82. The van der Waals surface area contributed by atoms with Crippen molar-refractivity contribution in [2.75, 3.05) is 7.05 Å². The molecule has 0 radical (unpaired) electrons. The smallest absolute Gasteiger partial charge is 0.254 e. The summed E-state index contributed by atoms with van der Waals surface area (Å²) >= 11 is 7.74. The Labute approximate surface area is 116 Å². The minimum absolute atomic E-state index is 0.0781. The van der Waals surface area contributed by atoms with E-state index in [-0.39, 0.29) is 5.91 Å². The fourth-order valence-corrected chi connectivity index (χ4v) is 3.18. The molecule has 1 aliphatic carbocycles. The number of amides is 1. The third-order valence-electron chi connectivity index (χ3n) is 3.38. The molecule has 0 unspecified atom stereocenters. The van der Waals surface area contributed by atoms with Gasteiger partial charge >= 0.3 is 0 Å². The lowest BCUT2D eigenvalue weighted by Crippen LogP contribution is -2.35. The zero-order chi connectivity index (χ0) is 12.4. The topological polar surface area (TPSA) is 20.3 Å². The van der Waals surface area contributed by atoms with Crippen molar-refractivity contribution in [3.8, 4) is 0 Å². The molecule has 1 amide bonds. The van der Waals surface area contributed by atoms with Crippen molar-refractivity contribution in [1.82, 2.24) is 4.90 Å². The predicted molar refractivity (Wildman–Crippen MR) is 75.7 cm³/mol. The largest absolute Gasteiger partial charge is 0.339 e. The van der Waals surface area contributed by atoms with E-state index < -0.39 is 0 Å². The summed E-state index contributed by atoms with van der Waals surface area (Å²) in [7, 11) is 1.90. The predicted octanol–water partition coefficient (Wildman–Crippen LogP) is 3.75. The van der Waals surface area contributed by atoms with E-state index in [0.717, 1.165) is 22.2 Å². The van der Waals surface area contributed by atoms with Gasteiger partial charge in [0.2, 0.25) is 0 Å². The highest BCUT2D eigenvalue weighted by molar-refractivity contribution is 9.10. The van der Waals surface area contributed by atoms with Crippen molar-refractivity contribution >= 4 is 34.5 Å². The van der Waals surface area contributed by atoms with Crippen LogP contribution in [0.15, 0.2) is 27.6 Å². The first-order valence-electron chi connectivity index (χ1n) is 5.85. The number of benzene rings is 1. The van der Waals surface area contributed by atoms with E-state index in [1.54, 1.807) is 0 Å². The monoisotopic (exact) mass is 313 g/mol. The van der Waals surface area contributed by atoms with Crippen LogP contribution in [0.3, 0.4) is 0 Å². The Hall–Kier alpha value is -0.480. The van der Waals surface area contributed by atoms with Gasteiger partial charge in [-0.2, -0.15) is 0 Å². The van der Waals surface area contributed by atoms with Gasteiger partial charge in [0, 0.05) is 22.5 Å². The molecule has 2 nitrogen and oxygen atoms in total. The molecule has 0 heterocycles. The molecule has 0 atom stereocenters. The van der Waals surface area contributed by atoms with Gasteiger partial charge in [-0.15, -0.1) is 12.6 Å². The molecule has 0 spiro atoms. The maximum Gasteiger partial charge on any atom is 0.254 e. The quantitative estimate of drug-likeness (QED) is 0.824. The second-order valence-electron chi connectivity index (χ2n) is 4.52. The van der Waals surface area contributed by atoms with E-state index in [1.165, 1.54) is 12.8 Å². The normalized spacial score (nSPS) is 16.2. The summed E-state index contributed by atoms with van der Waals surface area (Å²) in [6.45, 7) is 0. The molecule has 92 valence electrons. The summed E-state index contributed by atoms with van der Waals surface area (Å²) in [4.78, 5) is 14.9. The number of carbonyl (C=O) groups excluding carboxylic acids is 1. The zero-order valence-corrected chi connectivity index (χ0v) is 12.3. The summed E-state index contributed by atoms with van der Waals surface area (Å²) in [5.41, 5.74) is 0.686. The van der Waals surface area contributed by atoms with Crippen LogP contribution >= 0.6 is 28.6 Å². The number of carbonyl (C=O) groups is 1. The average molecular weight is 314 g/mol. The highest BCUT2D eigenvalue weighted by Crippen LogP contribution is 2.26. The second-order valence-corrected chi connectivity index (χ2v) is 5.91. The molecule has 1 saturated carbocycles. The number of rotatable bonds is 2. The second kappa shape index (κ2) is 5.44. The van der Waals surface area contributed by atoms with E-state index >= 15 is 0 Å². The maximum absolute atomic E-state index is 12.3. The van der Waals surface area contributed by atoms with Crippen LogP contribution in [-0.4, -0.2) is 23.9 Å². The van der Waals surface area contributed by atoms with Gasteiger partial charge in [-0.1, -0.05) is 28.8 Å². The molecule has 4 heteroatoms. The summed E-state index contributed by atoms with van der Waals surface area (Å²) in [5.74, 6) is 0.0781. The van der Waals surface area contributed by atoms with E-state index in [4.69, 9.17) is 0 Å². The number of hydrogen-bond acceptors (Lipinski definition) is 2. The molecule has 1 fully saturated rings. The van der Waals surface area contributed by atoms with E-state index in [0.29, 0.717) is 11.6 Å². The molecule has 0 aromatic heterocycles. The highest BCUT2D eigenvalue weighted by Gasteiger charge is 2.25. The lowest BCUT2D eigenvalue weighted by atomic mass is 10.1. The lowest BCUT2D eigenvalue weighted by molar-refractivity contribution is 0.0731. The molecule has 1 aromatic rings. The molecule has 0 bridgehead atoms. The molecular formula is C13H16BrNOS. The van der Waals surface area contributed by atoms with Crippen molar-refractivity contribution in [2.45, 2.75) is 36.6 Å². The Morgan fingerprint density at radius 3 is 2.65 bits per heavy atom. The van der Waals surface area contributed by atoms with E-state index in [9.17, 15) is 4.79 Å². The molecule has 0 N–H and O–H groups in total. The molecule has 1 aliphatic rings. The van der Waals surface area contributed by atoms with Crippen LogP contribution in [0.5, 0.6) is 0 Å². The molecular weight excluding hydrogens is 298 g/mol. The number of nitrogens with zero attached hydrogens (tertiary/aromatic N) is 1. The van der Waals surface area contributed by atoms with Crippen LogP contribution in [-0.2, 0) is 0 Å². The number of thiol groups is 1. The minimum Gasteiger partial charge on any atom is -0.339 e. The van der Waals surface area contributed by atoms with Gasteiger partial charge in [0.1, 0.15) is 0 Å². The van der Waals surface area contributed by atoms with Gasteiger partial charge < -0.3 is 4.90 Å². The summed E-state index contributed by atoms with van der Waals surface area (Å²) in [5, 5.41) is 0. The third-order valence-corrected chi connectivity index (χ3v) is 4.25. The van der Waals surface area contributed by atoms with Crippen molar-refractivity contribution in [1.29, 1.82) is 0 Å². The van der Waals surface area contributed by atoms with Crippen LogP contribution in [0, 0.1) is 0 Å². The standard InChI is InChI=1S/C13H16BrNOS/c1-15(10-4-2-3-5-10)13(16)11-7-6-9(14)8-12(11)17/h6-8,10,17H,2-5H2,1H3. The number of hydrogen-bond donors (Lipinski definition) is 1. The van der Waals surface area contributed by atoms with Crippen molar-refractivity contribution in [2.24, 2.45) is 0 Å². The number of halogens is 1. The Morgan fingerprint density at radius 2 is 2.06 bits per heavy atom. The van der Waals surface area contributed by atoms with Gasteiger partial charge in [-0.3, -0.25) is 4.79 Å². The summed E-state index contributed by atoms with van der Waals surface area (Å²) in [6, 6.07) is 5.98. The third kappa shape index (κ3) is 2.86. The van der Waals surface area contributed by atoms with E-state index in [1.807, 2.05) is 30.1 Å². The van der Waals surface area contributed by atoms with Crippen molar-refractivity contribution in [3.05, 3.63) is 28.2 Å². The highest BCUT2D eigenvalue weighted by atomic mass is 79.9. The van der Waals surface area contributed by atoms with Crippen LogP contribution < -0.4 is 0 Å². The Morgan fingerprint density at radius 1 is 1.41 bits per heavy atom. The molecule has 2 rings (SSSR count). The molecule has 0 aliphatic heterocycles. The summed E-state index contributed by atoms with van der Waals surface area (Å²) < 4.78 is 0.947. The van der Waals surface area contributed by atoms with E-state index in [2.05, 4.69) is 28.6 Å². The fourth-order valence-electron chi connectivity index (χ4n) is 2.33. The average Bonchev–Trinajstić information content (AvgIpc) is 2.80. The lowest BCUT2D eigenvalue weighted by Gasteiger charge is -2.24. The van der Waals surface area contributed by atoms with Crippen LogP contribution in [0.25, 0.3) is 0 Å². The Bertz CT molecular complexity index is 429. The summed E-state index contributed by atoms with van der Waals surface area (Å²) in [6.07, 6.45) is 4.72. The first kappa shape index (κ1) is 13.0. The SMILES string of the molecule is CN(C(=O)c1ccc(Br)cc1S)C1CCCC1. The fraction of sp³-hybridized carbons (Fsp3) is 0.462. The first-order valence-corrected chi connectivity index (χ1v) is 7.09. The maximum atomic E-state index is 12.3. The van der Waals surface area contributed by atoms with Crippen molar-refractivity contribution < 1.29 is 4.79 Å². The first-order chi connectivity index (χ1) is 8.09. The van der Waals surface area contributed by atoms with Gasteiger partial charge in [0.15, 0.2) is 0 Å². The van der Waals surface area contributed by atoms with Gasteiger partial charge in [-0.05, 0) is 31.0 Å². The molecule has 0 saturated heterocycles. The minimum atomic E-state index is 0.0781. The molecule has 1 aromatic carbocycles. The van der Waals surface area contributed by atoms with Crippen LogP contribution in [0.1, 0.15) is 36.0 Å². The van der Waals surface area contributed by atoms with Crippen molar-refractivity contribution in [3.63, 3.8) is 0 Å². The van der Waals surface area contributed by atoms with Gasteiger partial charge in [0.05, 0.1) is 5.56 Å². The van der Waals surface area contributed by atoms with Gasteiger partial charge in [-0.25, -0.2) is 0 Å². The Balaban J connectivity index is 2.18. The molecule has 17 heavy (non-hydrogen) atoms. The van der Waals surface area contributed by atoms with Gasteiger partial charge in [0.25, 0.3) is 5.91 Å². The van der Waals surface area contributed by atoms with Crippen LogP contribution in [0.2, 0.25) is 0 Å².